The van der Waals surface area contributed by atoms with Crippen LogP contribution in [-0.4, -0.2) is 29.1 Å². The Bertz CT molecular complexity index is 649. The van der Waals surface area contributed by atoms with Crippen LogP contribution in [0.4, 0.5) is 0 Å². The Hall–Kier alpha value is -2.06. The van der Waals surface area contributed by atoms with Crippen LogP contribution in [-0.2, 0) is 4.79 Å². The number of carbonyl (C=O) groups is 1. The minimum Gasteiger partial charge on any atom is -0.351 e. The summed E-state index contributed by atoms with van der Waals surface area (Å²) < 4.78 is 0. The molecule has 106 valence electrons. The molecule has 0 N–H and O–H groups in total. The van der Waals surface area contributed by atoms with Gasteiger partial charge in [-0.3, -0.25) is 4.79 Å². The average Bonchev–Trinajstić information content (AvgIpc) is 2.90. The summed E-state index contributed by atoms with van der Waals surface area (Å²) in [5.41, 5.74) is 1.53. The summed E-state index contributed by atoms with van der Waals surface area (Å²) in [7, 11) is 0. The highest BCUT2D eigenvalue weighted by atomic mass is 32.2. The van der Waals surface area contributed by atoms with Crippen LogP contribution in [0.15, 0.2) is 34.2 Å². The second-order valence-corrected chi connectivity index (χ2v) is 6.10. The molecule has 0 saturated carbocycles. The molecule has 1 fully saturated rings. The third-order valence-electron chi connectivity index (χ3n) is 3.57. The highest BCUT2D eigenvalue weighted by Crippen LogP contribution is 2.31. The Morgan fingerprint density at radius 2 is 1.90 bits per heavy atom. The topological polar surface area (TPSA) is 56.5 Å². The number of likely N-dealkylation sites (tertiary alicyclic amines) is 1. The molecule has 0 radical (unpaired) electrons. The predicted molar refractivity (Wildman–Crippen MR) is 84.6 cm³/mol. The van der Waals surface area contributed by atoms with Crippen LogP contribution in [0, 0.1) is 11.3 Å². The summed E-state index contributed by atoms with van der Waals surface area (Å²) in [5.74, 6) is -0.162. The fourth-order valence-electron chi connectivity index (χ4n) is 2.42. The minimum atomic E-state index is -0.162. The van der Waals surface area contributed by atoms with Gasteiger partial charge in [-0.15, -0.1) is 0 Å². The first-order valence-corrected chi connectivity index (χ1v) is 7.85. The van der Waals surface area contributed by atoms with E-state index in [2.05, 4.69) is 16.0 Å². The van der Waals surface area contributed by atoms with Gasteiger partial charge >= 0.3 is 0 Å². The van der Waals surface area contributed by atoms with Crippen molar-refractivity contribution in [2.45, 2.75) is 19.3 Å². The zero-order valence-corrected chi connectivity index (χ0v) is 12.4. The molecule has 1 aromatic rings. The quantitative estimate of drug-likeness (QED) is 0.748. The van der Waals surface area contributed by atoms with Crippen molar-refractivity contribution >= 4 is 28.9 Å². The number of nitriles is 1. The Morgan fingerprint density at radius 3 is 2.57 bits per heavy atom. The Balaban J connectivity index is 1.74. The zero-order valence-electron chi connectivity index (χ0n) is 11.6. The minimum absolute atomic E-state index is 0.162. The third-order valence-corrected chi connectivity index (χ3v) is 4.62. The summed E-state index contributed by atoms with van der Waals surface area (Å²) >= 11 is 1.45. The molecule has 5 heteroatoms. The number of benzene rings is 1. The molecule has 21 heavy (non-hydrogen) atoms. The summed E-state index contributed by atoms with van der Waals surface area (Å²) in [6.45, 7) is 1.98. The number of thioether (sulfide) groups is 1. The number of nitrogens with zero attached hydrogens (tertiary/aromatic N) is 3. The van der Waals surface area contributed by atoms with Gasteiger partial charge in [0.25, 0.3) is 5.91 Å². The number of hydrogen-bond acceptors (Lipinski definition) is 4. The van der Waals surface area contributed by atoms with Crippen molar-refractivity contribution < 1.29 is 4.79 Å². The maximum atomic E-state index is 12.0. The van der Waals surface area contributed by atoms with E-state index in [0.717, 1.165) is 23.8 Å². The molecule has 3 rings (SSSR count). The van der Waals surface area contributed by atoms with E-state index in [1.54, 1.807) is 12.1 Å². The number of amides is 1. The van der Waals surface area contributed by atoms with Gasteiger partial charge in [0.2, 0.25) is 0 Å². The summed E-state index contributed by atoms with van der Waals surface area (Å²) in [6, 6.07) is 9.28. The van der Waals surface area contributed by atoms with E-state index in [1.165, 1.54) is 31.0 Å². The van der Waals surface area contributed by atoms with Crippen LogP contribution < -0.4 is 0 Å². The molecule has 1 amide bonds. The van der Waals surface area contributed by atoms with Crippen molar-refractivity contribution in [1.82, 2.24) is 4.90 Å². The van der Waals surface area contributed by atoms with Crippen molar-refractivity contribution in [2.75, 3.05) is 13.1 Å². The SMILES string of the molecule is N#Cc1ccc(C=C2SC(N3CCCCC3)=NC2=O)cc1. The fourth-order valence-corrected chi connectivity index (χ4v) is 3.39. The molecule has 2 heterocycles. The number of hydrogen-bond donors (Lipinski definition) is 0. The van der Waals surface area contributed by atoms with Crippen molar-refractivity contribution in [3.05, 3.63) is 40.3 Å². The van der Waals surface area contributed by atoms with Gasteiger partial charge in [-0.25, -0.2) is 0 Å². The highest BCUT2D eigenvalue weighted by molar-refractivity contribution is 8.18. The summed E-state index contributed by atoms with van der Waals surface area (Å²) in [6.07, 6.45) is 5.44. The van der Waals surface area contributed by atoms with Gasteiger partial charge in [-0.05, 0) is 54.8 Å². The Morgan fingerprint density at radius 1 is 1.19 bits per heavy atom. The second kappa shape index (κ2) is 6.15. The molecule has 1 aromatic carbocycles. The van der Waals surface area contributed by atoms with Gasteiger partial charge in [-0.1, -0.05) is 12.1 Å². The molecule has 0 aromatic heterocycles. The molecule has 0 atom stereocenters. The van der Waals surface area contributed by atoms with Gasteiger partial charge in [0, 0.05) is 13.1 Å². The molecule has 0 spiro atoms. The summed E-state index contributed by atoms with van der Waals surface area (Å²) in [4.78, 5) is 19.0. The van der Waals surface area contributed by atoms with Gasteiger partial charge in [0.1, 0.15) is 0 Å². The largest absolute Gasteiger partial charge is 0.351 e. The highest BCUT2D eigenvalue weighted by Gasteiger charge is 2.26. The predicted octanol–water partition coefficient (Wildman–Crippen LogP) is 3.01. The van der Waals surface area contributed by atoms with E-state index in [0.29, 0.717) is 10.5 Å². The number of piperidine rings is 1. The van der Waals surface area contributed by atoms with Crippen molar-refractivity contribution in [2.24, 2.45) is 4.99 Å². The van der Waals surface area contributed by atoms with Crippen LogP contribution in [0.3, 0.4) is 0 Å². The van der Waals surface area contributed by atoms with Gasteiger partial charge in [-0.2, -0.15) is 10.3 Å². The maximum absolute atomic E-state index is 12.0. The van der Waals surface area contributed by atoms with Crippen LogP contribution >= 0.6 is 11.8 Å². The lowest BCUT2D eigenvalue weighted by atomic mass is 10.1. The van der Waals surface area contributed by atoms with E-state index < -0.39 is 0 Å². The van der Waals surface area contributed by atoms with Crippen molar-refractivity contribution in [3.63, 3.8) is 0 Å². The molecule has 0 unspecified atom stereocenters. The van der Waals surface area contributed by atoms with Crippen molar-refractivity contribution in [3.8, 4) is 6.07 Å². The molecule has 1 saturated heterocycles. The maximum Gasteiger partial charge on any atom is 0.286 e. The zero-order chi connectivity index (χ0) is 14.7. The van der Waals surface area contributed by atoms with E-state index in [-0.39, 0.29) is 5.91 Å². The van der Waals surface area contributed by atoms with Gasteiger partial charge in [0.15, 0.2) is 5.17 Å². The first kappa shape index (κ1) is 13.9. The molecular formula is C16H15N3OS. The van der Waals surface area contributed by atoms with E-state index in [9.17, 15) is 4.79 Å². The first-order chi connectivity index (χ1) is 10.3. The van der Waals surface area contributed by atoms with Crippen LogP contribution in [0.2, 0.25) is 0 Å². The van der Waals surface area contributed by atoms with E-state index in [1.807, 2.05) is 18.2 Å². The number of aliphatic imine (C=N–C) groups is 1. The lowest BCUT2D eigenvalue weighted by Crippen LogP contribution is -2.33. The lowest BCUT2D eigenvalue weighted by molar-refractivity contribution is -0.113. The number of rotatable bonds is 1. The Kier molecular flexibility index (Phi) is 4.07. The number of amidine groups is 1. The molecule has 2 aliphatic heterocycles. The monoisotopic (exact) mass is 297 g/mol. The van der Waals surface area contributed by atoms with Crippen molar-refractivity contribution in [1.29, 1.82) is 5.26 Å². The molecule has 0 aliphatic carbocycles. The Labute approximate surface area is 128 Å². The van der Waals surface area contributed by atoms with E-state index >= 15 is 0 Å². The molecule has 0 bridgehead atoms. The van der Waals surface area contributed by atoms with Gasteiger partial charge in [0.05, 0.1) is 16.5 Å². The number of carbonyl (C=O) groups excluding carboxylic acids is 1. The smallest absolute Gasteiger partial charge is 0.286 e. The standard InChI is InChI=1S/C16H15N3OS/c17-11-13-6-4-12(5-7-13)10-14-15(20)18-16(21-14)19-8-2-1-3-9-19/h4-7,10H,1-3,8-9H2. The third kappa shape index (κ3) is 3.17. The molecule has 4 nitrogen and oxygen atoms in total. The summed E-state index contributed by atoms with van der Waals surface area (Å²) in [5, 5.41) is 9.62. The van der Waals surface area contributed by atoms with Crippen LogP contribution in [0.25, 0.3) is 6.08 Å². The molecule has 2 aliphatic rings. The van der Waals surface area contributed by atoms with E-state index in [4.69, 9.17) is 5.26 Å². The van der Waals surface area contributed by atoms with Crippen LogP contribution in [0.5, 0.6) is 0 Å². The molecular weight excluding hydrogens is 282 g/mol. The lowest BCUT2D eigenvalue weighted by Gasteiger charge is -2.27. The fraction of sp³-hybridized carbons (Fsp3) is 0.312. The normalized spacial score (nSPS) is 20.5. The second-order valence-electron chi connectivity index (χ2n) is 5.09. The van der Waals surface area contributed by atoms with Gasteiger partial charge < -0.3 is 4.90 Å². The first-order valence-electron chi connectivity index (χ1n) is 7.04. The average molecular weight is 297 g/mol. The van der Waals surface area contributed by atoms with Crippen LogP contribution in [0.1, 0.15) is 30.4 Å².